The number of aromatic amines is 1. The first kappa shape index (κ1) is 21.8. The van der Waals surface area contributed by atoms with Crippen LogP contribution >= 0.6 is 0 Å². The Hall–Kier alpha value is -3.39. The first-order valence-electron chi connectivity index (χ1n) is 10.6. The number of benzene rings is 1. The summed E-state index contributed by atoms with van der Waals surface area (Å²) >= 11 is 0. The Kier molecular flexibility index (Phi) is 6.70. The van der Waals surface area contributed by atoms with Gasteiger partial charge in [-0.2, -0.15) is 0 Å². The maximum Gasteiger partial charge on any atom is 0.251 e. The molecule has 1 saturated heterocycles. The summed E-state index contributed by atoms with van der Waals surface area (Å²) in [6.45, 7) is 2.48. The van der Waals surface area contributed by atoms with Crippen molar-refractivity contribution in [2.24, 2.45) is 0 Å². The lowest BCUT2D eigenvalue weighted by Gasteiger charge is -2.33. The normalized spacial score (nSPS) is 16.5. The van der Waals surface area contributed by atoms with Crippen LogP contribution in [0.5, 0.6) is 17.2 Å². The van der Waals surface area contributed by atoms with Crippen molar-refractivity contribution in [2.45, 2.75) is 25.3 Å². The molecule has 0 spiro atoms. The molecule has 8 nitrogen and oxygen atoms in total. The lowest BCUT2D eigenvalue weighted by Crippen LogP contribution is -2.34. The standard InChI is InChI=1S/C24H28N4O4/c1-30-20-7-6-18(22(31-2)23(20)32-3)15-28-12-4-5-17(14-28)19-13-21(29)27-24(26-19)16-8-10-25-11-9-16/h6-11,13,17H,4-5,12,14-15H2,1-3H3,(H,26,27,29). The van der Waals surface area contributed by atoms with Crippen molar-refractivity contribution in [2.75, 3.05) is 34.4 Å². The van der Waals surface area contributed by atoms with Crippen LogP contribution in [0.3, 0.4) is 0 Å². The van der Waals surface area contributed by atoms with Crippen LogP contribution in [0.15, 0.2) is 47.5 Å². The first-order valence-corrected chi connectivity index (χ1v) is 10.6. The van der Waals surface area contributed by atoms with Crippen molar-refractivity contribution in [1.82, 2.24) is 19.9 Å². The predicted octanol–water partition coefficient (Wildman–Crippen LogP) is 3.24. The Bertz CT molecular complexity index is 1120. The third-order valence-electron chi connectivity index (χ3n) is 5.82. The van der Waals surface area contributed by atoms with Gasteiger partial charge in [0.1, 0.15) is 5.82 Å². The lowest BCUT2D eigenvalue weighted by molar-refractivity contribution is 0.195. The molecule has 1 N–H and O–H groups in total. The molecule has 32 heavy (non-hydrogen) atoms. The maximum atomic E-state index is 12.3. The van der Waals surface area contributed by atoms with Crippen LogP contribution in [0, 0.1) is 0 Å². The number of hydrogen-bond donors (Lipinski definition) is 1. The number of hydrogen-bond acceptors (Lipinski definition) is 7. The predicted molar refractivity (Wildman–Crippen MR) is 121 cm³/mol. The summed E-state index contributed by atoms with van der Waals surface area (Å²) in [5, 5.41) is 0. The topological polar surface area (TPSA) is 89.6 Å². The molecule has 0 bridgehead atoms. The van der Waals surface area contributed by atoms with E-state index in [1.807, 2.05) is 24.3 Å². The van der Waals surface area contributed by atoms with E-state index in [2.05, 4.69) is 14.9 Å². The number of methoxy groups -OCH3 is 3. The Morgan fingerprint density at radius 2 is 1.84 bits per heavy atom. The quantitative estimate of drug-likeness (QED) is 0.608. The molecule has 3 aromatic rings. The minimum absolute atomic E-state index is 0.138. The summed E-state index contributed by atoms with van der Waals surface area (Å²) in [4.78, 5) is 26.4. The second kappa shape index (κ2) is 9.82. The highest BCUT2D eigenvalue weighted by atomic mass is 16.5. The van der Waals surface area contributed by atoms with E-state index in [1.165, 1.54) is 0 Å². The first-order chi connectivity index (χ1) is 15.6. The molecule has 1 aromatic carbocycles. The Labute approximate surface area is 187 Å². The Morgan fingerprint density at radius 1 is 1.06 bits per heavy atom. The Balaban J connectivity index is 1.56. The highest BCUT2D eigenvalue weighted by Crippen LogP contribution is 2.40. The number of nitrogens with zero attached hydrogens (tertiary/aromatic N) is 3. The highest BCUT2D eigenvalue weighted by Gasteiger charge is 2.25. The van der Waals surface area contributed by atoms with Gasteiger partial charge in [-0.1, -0.05) is 6.07 Å². The molecule has 8 heteroatoms. The zero-order valence-corrected chi connectivity index (χ0v) is 18.6. The third kappa shape index (κ3) is 4.60. The van der Waals surface area contributed by atoms with Gasteiger partial charge in [-0.05, 0) is 37.6 Å². The second-order valence-electron chi connectivity index (χ2n) is 7.82. The van der Waals surface area contributed by atoms with Gasteiger partial charge in [0, 0.05) is 48.6 Å². The molecule has 1 aliphatic rings. The molecule has 1 atom stereocenters. The molecular formula is C24H28N4O4. The van der Waals surface area contributed by atoms with E-state index < -0.39 is 0 Å². The van der Waals surface area contributed by atoms with E-state index in [4.69, 9.17) is 19.2 Å². The van der Waals surface area contributed by atoms with E-state index in [1.54, 1.807) is 39.8 Å². The summed E-state index contributed by atoms with van der Waals surface area (Å²) in [6.07, 6.45) is 5.41. The van der Waals surface area contributed by atoms with Gasteiger partial charge in [0.2, 0.25) is 5.75 Å². The molecule has 3 heterocycles. The smallest absolute Gasteiger partial charge is 0.251 e. The second-order valence-corrected chi connectivity index (χ2v) is 7.82. The zero-order chi connectivity index (χ0) is 22.5. The molecular weight excluding hydrogens is 408 g/mol. The number of rotatable bonds is 7. The summed E-state index contributed by atoms with van der Waals surface area (Å²) in [7, 11) is 4.86. The van der Waals surface area contributed by atoms with Gasteiger partial charge in [0.25, 0.3) is 5.56 Å². The molecule has 168 valence electrons. The van der Waals surface area contributed by atoms with Crippen LogP contribution in [0.25, 0.3) is 11.4 Å². The minimum Gasteiger partial charge on any atom is -0.493 e. The average molecular weight is 437 g/mol. The van der Waals surface area contributed by atoms with Crippen molar-refractivity contribution >= 4 is 0 Å². The van der Waals surface area contributed by atoms with E-state index in [9.17, 15) is 4.79 Å². The Morgan fingerprint density at radius 3 is 2.56 bits per heavy atom. The minimum atomic E-state index is -0.138. The van der Waals surface area contributed by atoms with Crippen molar-refractivity contribution in [3.8, 4) is 28.6 Å². The number of H-pyrrole nitrogens is 1. The molecule has 2 aromatic heterocycles. The molecule has 0 radical (unpaired) electrons. The number of piperidine rings is 1. The lowest BCUT2D eigenvalue weighted by atomic mass is 9.94. The number of ether oxygens (including phenoxy) is 3. The average Bonchev–Trinajstić information content (AvgIpc) is 2.84. The van der Waals surface area contributed by atoms with Gasteiger partial charge >= 0.3 is 0 Å². The number of aromatic nitrogens is 3. The summed E-state index contributed by atoms with van der Waals surface area (Å²) in [6, 6.07) is 9.22. The van der Waals surface area contributed by atoms with Gasteiger partial charge in [-0.25, -0.2) is 4.98 Å². The fourth-order valence-electron chi connectivity index (χ4n) is 4.30. The summed E-state index contributed by atoms with van der Waals surface area (Å²) in [5.41, 5.74) is 2.56. The van der Waals surface area contributed by atoms with Crippen LogP contribution in [0.1, 0.15) is 30.0 Å². The van der Waals surface area contributed by atoms with Gasteiger partial charge in [-0.3, -0.25) is 14.7 Å². The van der Waals surface area contributed by atoms with E-state index >= 15 is 0 Å². The van der Waals surface area contributed by atoms with Crippen molar-refractivity contribution < 1.29 is 14.2 Å². The highest BCUT2D eigenvalue weighted by molar-refractivity contribution is 5.56. The summed E-state index contributed by atoms with van der Waals surface area (Å²) < 4.78 is 16.6. The van der Waals surface area contributed by atoms with E-state index in [0.29, 0.717) is 29.6 Å². The van der Waals surface area contributed by atoms with Gasteiger partial charge in [0.15, 0.2) is 11.5 Å². The van der Waals surface area contributed by atoms with Crippen LogP contribution < -0.4 is 19.8 Å². The largest absolute Gasteiger partial charge is 0.493 e. The van der Waals surface area contributed by atoms with Crippen LogP contribution in [-0.4, -0.2) is 54.3 Å². The monoisotopic (exact) mass is 436 g/mol. The number of nitrogens with one attached hydrogen (secondary N) is 1. The SMILES string of the molecule is COc1ccc(CN2CCCC(c3cc(=O)[nH]c(-c4ccncc4)n3)C2)c(OC)c1OC. The van der Waals surface area contributed by atoms with Crippen molar-refractivity contribution in [3.63, 3.8) is 0 Å². The van der Waals surface area contributed by atoms with Crippen molar-refractivity contribution in [3.05, 3.63) is 64.3 Å². The molecule has 1 fully saturated rings. The van der Waals surface area contributed by atoms with E-state index in [0.717, 1.165) is 42.8 Å². The van der Waals surface area contributed by atoms with Crippen LogP contribution in [0.2, 0.25) is 0 Å². The number of likely N-dealkylation sites (tertiary alicyclic amines) is 1. The zero-order valence-electron chi connectivity index (χ0n) is 18.6. The van der Waals surface area contributed by atoms with Crippen LogP contribution in [-0.2, 0) is 6.54 Å². The van der Waals surface area contributed by atoms with Gasteiger partial charge in [0.05, 0.1) is 27.0 Å². The molecule has 1 aliphatic heterocycles. The fourth-order valence-corrected chi connectivity index (χ4v) is 4.30. The van der Waals surface area contributed by atoms with Crippen LogP contribution in [0.4, 0.5) is 0 Å². The van der Waals surface area contributed by atoms with Gasteiger partial charge in [-0.15, -0.1) is 0 Å². The number of pyridine rings is 1. The van der Waals surface area contributed by atoms with Crippen molar-refractivity contribution in [1.29, 1.82) is 0 Å². The molecule has 0 saturated carbocycles. The fraction of sp³-hybridized carbons (Fsp3) is 0.375. The molecule has 4 rings (SSSR count). The summed E-state index contributed by atoms with van der Waals surface area (Å²) in [5.74, 6) is 2.68. The molecule has 0 amide bonds. The molecule has 1 unspecified atom stereocenters. The molecule has 0 aliphatic carbocycles. The van der Waals surface area contributed by atoms with E-state index in [-0.39, 0.29) is 11.5 Å². The third-order valence-corrected chi connectivity index (χ3v) is 5.82. The van der Waals surface area contributed by atoms with Gasteiger partial charge < -0.3 is 19.2 Å². The maximum absolute atomic E-state index is 12.3.